The van der Waals surface area contributed by atoms with E-state index in [1.165, 1.54) is 0 Å². The summed E-state index contributed by atoms with van der Waals surface area (Å²) in [5.74, 6) is 0.187. The van der Waals surface area contributed by atoms with Crippen LogP contribution in [0.15, 0.2) is 30.6 Å². The van der Waals surface area contributed by atoms with Crippen LogP contribution in [0.25, 0.3) is 33.2 Å². The van der Waals surface area contributed by atoms with Crippen molar-refractivity contribution in [1.82, 2.24) is 25.1 Å². The predicted octanol–water partition coefficient (Wildman–Crippen LogP) is 3.26. The third-order valence-electron chi connectivity index (χ3n) is 5.50. The van der Waals surface area contributed by atoms with Gasteiger partial charge in [-0.15, -0.1) is 0 Å². The summed E-state index contributed by atoms with van der Waals surface area (Å²) in [6.45, 7) is 5.53. The third kappa shape index (κ3) is 2.97. The van der Waals surface area contributed by atoms with E-state index in [0.717, 1.165) is 53.7 Å². The van der Waals surface area contributed by atoms with Gasteiger partial charge in [0, 0.05) is 61.3 Å². The monoisotopic (exact) mass is 408 g/mol. The first-order valence-corrected chi connectivity index (χ1v) is 9.98. The average Bonchev–Trinajstić information content (AvgIpc) is 3.12. The molecule has 1 aliphatic heterocycles. The highest BCUT2D eigenvalue weighted by molar-refractivity contribution is 6.37. The molecule has 4 heterocycles. The number of benzene rings is 1. The van der Waals surface area contributed by atoms with Crippen molar-refractivity contribution in [3.05, 3.63) is 41.2 Å². The number of phenolic OH excluding ortho intramolecular Hbond substituents is 1. The Morgan fingerprint density at radius 3 is 2.79 bits per heavy atom. The number of hydrogen-bond donors (Lipinski definition) is 2. The molecule has 0 saturated carbocycles. The minimum Gasteiger partial charge on any atom is -0.507 e. The van der Waals surface area contributed by atoms with Crippen molar-refractivity contribution < 1.29 is 5.11 Å². The van der Waals surface area contributed by atoms with Crippen LogP contribution >= 0.6 is 11.6 Å². The summed E-state index contributed by atoms with van der Waals surface area (Å²) >= 11 is 6.71. The number of aryl methyl sites for hydroxylation is 2. The highest BCUT2D eigenvalue weighted by Gasteiger charge is 2.19. The van der Waals surface area contributed by atoms with Gasteiger partial charge in [0.05, 0.1) is 28.1 Å². The van der Waals surface area contributed by atoms with E-state index < -0.39 is 0 Å². The Balaban J connectivity index is 1.62. The number of halogens is 1. The number of anilines is 1. The normalized spacial score (nSPS) is 14.8. The summed E-state index contributed by atoms with van der Waals surface area (Å²) in [6, 6.07) is 5.73. The summed E-state index contributed by atoms with van der Waals surface area (Å²) in [5.41, 5.74) is 4.34. The van der Waals surface area contributed by atoms with Gasteiger partial charge in [-0.3, -0.25) is 4.68 Å². The summed E-state index contributed by atoms with van der Waals surface area (Å²) in [5, 5.41) is 20.9. The maximum absolute atomic E-state index is 10.8. The number of rotatable bonds is 2. The van der Waals surface area contributed by atoms with Gasteiger partial charge in [-0.05, 0) is 25.1 Å². The molecular weight excluding hydrogens is 388 g/mol. The Hall–Kier alpha value is -2.90. The van der Waals surface area contributed by atoms with Gasteiger partial charge in [0.2, 0.25) is 0 Å². The van der Waals surface area contributed by atoms with Gasteiger partial charge in [-0.2, -0.15) is 5.10 Å². The molecule has 5 rings (SSSR count). The second-order valence-electron chi connectivity index (χ2n) is 7.40. The number of pyridine rings is 2. The number of piperazine rings is 1. The van der Waals surface area contributed by atoms with Gasteiger partial charge < -0.3 is 15.3 Å². The highest BCUT2D eigenvalue weighted by Crippen LogP contribution is 2.38. The Bertz CT molecular complexity index is 1250. The first-order valence-electron chi connectivity index (χ1n) is 9.60. The third-order valence-corrected chi connectivity index (χ3v) is 5.90. The molecular formula is C21H21ClN6O. The van der Waals surface area contributed by atoms with Crippen molar-refractivity contribution in [2.24, 2.45) is 7.05 Å². The standard InChI is InChI=1S/C21H21ClN6O/c1-12-19-13(11-27(2)26-19)9-15(20(12)29)16-4-3-14-18(22)17(10-24-21(14)25-16)28-7-5-23-6-8-28/h3-4,9-11,23,29H,5-8H2,1-2H3. The lowest BCUT2D eigenvalue weighted by atomic mass is 10.0. The van der Waals surface area contributed by atoms with Crippen molar-refractivity contribution in [3.8, 4) is 17.0 Å². The van der Waals surface area contributed by atoms with Gasteiger partial charge in [-0.1, -0.05) is 11.6 Å². The van der Waals surface area contributed by atoms with E-state index in [4.69, 9.17) is 16.6 Å². The largest absolute Gasteiger partial charge is 0.507 e. The van der Waals surface area contributed by atoms with Crippen molar-refractivity contribution in [2.75, 3.05) is 31.1 Å². The highest BCUT2D eigenvalue weighted by atomic mass is 35.5. The lowest BCUT2D eigenvalue weighted by molar-refractivity contribution is 0.474. The molecule has 0 bridgehead atoms. The van der Waals surface area contributed by atoms with Crippen molar-refractivity contribution >= 4 is 39.2 Å². The van der Waals surface area contributed by atoms with Crippen LogP contribution in [0, 0.1) is 6.92 Å². The summed E-state index contributed by atoms with van der Waals surface area (Å²) in [7, 11) is 1.87. The SMILES string of the molecule is Cc1c(O)c(-c2ccc3c(Cl)c(N4CCNCC4)cnc3n2)cc2cn(C)nc12. The molecule has 0 atom stereocenters. The molecule has 0 amide bonds. The number of fused-ring (bicyclic) bond motifs is 2. The Kier molecular flexibility index (Phi) is 4.29. The smallest absolute Gasteiger partial charge is 0.161 e. The molecule has 1 saturated heterocycles. The van der Waals surface area contributed by atoms with Crippen LogP contribution < -0.4 is 10.2 Å². The molecule has 1 aliphatic rings. The first kappa shape index (κ1) is 18.1. The quantitative estimate of drug-likeness (QED) is 0.530. The van der Waals surface area contributed by atoms with E-state index in [-0.39, 0.29) is 5.75 Å². The number of aromatic nitrogens is 4. The molecule has 0 aliphatic carbocycles. The summed E-state index contributed by atoms with van der Waals surface area (Å²) < 4.78 is 1.74. The van der Waals surface area contributed by atoms with Crippen LogP contribution in [0.4, 0.5) is 5.69 Å². The minimum atomic E-state index is 0.187. The summed E-state index contributed by atoms with van der Waals surface area (Å²) in [4.78, 5) is 11.5. The Labute approximate surface area is 172 Å². The molecule has 0 unspecified atom stereocenters. The molecule has 7 nitrogen and oxygen atoms in total. The molecule has 1 fully saturated rings. The van der Waals surface area contributed by atoms with E-state index >= 15 is 0 Å². The van der Waals surface area contributed by atoms with E-state index in [1.807, 2.05) is 38.4 Å². The van der Waals surface area contributed by atoms with Crippen molar-refractivity contribution in [3.63, 3.8) is 0 Å². The van der Waals surface area contributed by atoms with Crippen molar-refractivity contribution in [2.45, 2.75) is 6.92 Å². The van der Waals surface area contributed by atoms with Gasteiger partial charge in [0.25, 0.3) is 0 Å². The molecule has 4 aromatic rings. The fourth-order valence-electron chi connectivity index (χ4n) is 3.95. The van der Waals surface area contributed by atoms with E-state index in [9.17, 15) is 5.11 Å². The van der Waals surface area contributed by atoms with Crippen LogP contribution in [0.5, 0.6) is 5.75 Å². The molecule has 0 radical (unpaired) electrons. The molecule has 148 valence electrons. The number of phenols is 1. The maximum atomic E-state index is 10.8. The number of aromatic hydroxyl groups is 1. The zero-order valence-electron chi connectivity index (χ0n) is 16.3. The molecule has 1 aromatic carbocycles. The van der Waals surface area contributed by atoms with Crippen molar-refractivity contribution in [1.29, 1.82) is 0 Å². The topological polar surface area (TPSA) is 79.1 Å². The van der Waals surface area contributed by atoms with Crippen LogP contribution in [-0.4, -0.2) is 51.0 Å². The fourth-order valence-corrected chi connectivity index (χ4v) is 4.26. The molecule has 0 spiro atoms. The Morgan fingerprint density at radius 2 is 2.00 bits per heavy atom. The van der Waals surface area contributed by atoms with Crippen LogP contribution in [-0.2, 0) is 7.05 Å². The average molecular weight is 409 g/mol. The number of nitrogens with one attached hydrogen (secondary N) is 1. The zero-order valence-corrected chi connectivity index (χ0v) is 17.0. The molecule has 3 aromatic heterocycles. The van der Waals surface area contributed by atoms with Crippen LogP contribution in [0.3, 0.4) is 0 Å². The van der Waals surface area contributed by atoms with Crippen LogP contribution in [0.1, 0.15) is 5.56 Å². The van der Waals surface area contributed by atoms with E-state index in [0.29, 0.717) is 21.9 Å². The predicted molar refractivity (Wildman–Crippen MR) is 116 cm³/mol. The number of hydrogen-bond acceptors (Lipinski definition) is 6. The first-order chi connectivity index (χ1) is 14.0. The fraction of sp³-hybridized carbons (Fsp3) is 0.286. The second kappa shape index (κ2) is 6.86. The lowest BCUT2D eigenvalue weighted by Gasteiger charge is -2.30. The van der Waals surface area contributed by atoms with E-state index in [1.54, 1.807) is 10.9 Å². The van der Waals surface area contributed by atoms with Gasteiger partial charge in [0.1, 0.15) is 5.75 Å². The molecule has 29 heavy (non-hydrogen) atoms. The maximum Gasteiger partial charge on any atom is 0.161 e. The summed E-state index contributed by atoms with van der Waals surface area (Å²) in [6.07, 6.45) is 3.73. The zero-order chi connectivity index (χ0) is 20.1. The van der Waals surface area contributed by atoms with E-state index in [2.05, 4.69) is 20.3 Å². The lowest BCUT2D eigenvalue weighted by Crippen LogP contribution is -2.43. The van der Waals surface area contributed by atoms with Gasteiger partial charge in [-0.25, -0.2) is 9.97 Å². The van der Waals surface area contributed by atoms with Gasteiger partial charge >= 0.3 is 0 Å². The minimum absolute atomic E-state index is 0.187. The van der Waals surface area contributed by atoms with Gasteiger partial charge in [0.15, 0.2) is 5.65 Å². The number of nitrogens with zero attached hydrogens (tertiary/aromatic N) is 5. The molecule has 2 N–H and O–H groups in total. The Morgan fingerprint density at radius 1 is 1.21 bits per heavy atom. The molecule has 8 heteroatoms. The van der Waals surface area contributed by atoms with Crippen LogP contribution in [0.2, 0.25) is 5.02 Å². The second-order valence-corrected chi connectivity index (χ2v) is 7.78.